The predicted molar refractivity (Wildman–Crippen MR) is 76.3 cm³/mol. The van der Waals surface area contributed by atoms with E-state index in [2.05, 4.69) is 10.5 Å². The van der Waals surface area contributed by atoms with Crippen molar-refractivity contribution >= 4 is 29.4 Å². The Bertz CT molecular complexity index is 653. The Morgan fingerprint density at radius 2 is 2.10 bits per heavy atom. The number of nitrogens with one attached hydrogen (secondary N) is 1. The SMILES string of the molecule is O=C([O-])COc1ccccc1C=NNC(=O)c1cccs1. The summed E-state index contributed by atoms with van der Waals surface area (Å²) in [5.74, 6) is -1.28. The number of carbonyl (C=O) groups is 2. The minimum absolute atomic E-state index is 0.311. The van der Waals surface area contributed by atoms with Crippen LogP contribution in [-0.4, -0.2) is 24.7 Å². The summed E-state index contributed by atoms with van der Waals surface area (Å²) < 4.78 is 5.06. The molecule has 1 heterocycles. The van der Waals surface area contributed by atoms with Gasteiger partial charge in [0.1, 0.15) is 12.4 Å². The number of nitrogens with zero attached hydrogens (tertiary/aromatic N) is 1. The summed E-state index contributed by atoms with van der Waals surface area (Å²) in [6, 6.07) is 10.2. The first kappa shape index (κ1) is 14.7. The molecule has 0 fully saturated rings. The Labute approximate surface area is 124 Å². The fourth-order valence-corrected chi connectivity index (χ4v) is 2.09. The molecule has 21 heavy (non-hydrogen) atoms. The van der Waals surface area contributed by atoms with E-state index in [0.717, 1.165) is 0 Å². The third-order valence-corrected chi connectivity index (χ3v) is 3.25. The first-order chi connectivity index (χ1) is 10.2. The molecule has 1 N–H and O–H groups in total. The lowest BCUT2D eigenvalue weighted by molar-refractivity contribution is -0.307. The molecule has 0 aliphatic rings. The number of benzene rings is 1. The van der Waals surface area contributed by atoms with Crippen molar-refractivity contribution in [3.05, 3.63) is 52.2 Å². The molecule has 0 radical (unpaired) electrons. The number of carboxylic acid groups (broad SMARTS) is 1. The second-order valence-electron chi connectivity index (χ2n) is 3.87. The summed E-state index contributed by atoms with van der Waals surface area (Å²) in [5.41, 5.74) is 2.93. The summed E-state index contributed by atoms with van der Waals surface area (Å²) in [6.07, 6.45) is 1.39. The molecule has 2 rings (SSSR count). The summed E-state index contributed by atoms with van der Waals surface area (Å²) in [5, 5.41) is 16.0. The molecule has 0 unspecified atom stereocenters. The lowest BCUT2D eigenvalue weighted by atomic mass is 10.2. The fraction of sp³-hybridized carbons (Fsp3) is 0.0714. The highest BCUT2D eigenvalue weighted by Crippen LogP contribution is 2.15. The van der Waals surface area contributed by atoms with Crippen molar-refractivity contribution in [3.63, 3.8) is 0 Å². The van der Waals surface area contributed by atoms with Gasteiger partial charge >= 0.3 is 0 Å². The van der Waals surface area contributed by atoms with Crippen LogP contribution in [0.5, 0.6) is 5.75 Å². The number of carboxylic acids is 1. The monoisotopic (exact) mass is 303 g/mol. The van der Waals surface area contributed by atoms with E-state index in [1.807, 2.05) is 0 Å². The molecule has 0 spiro atoms. The third kappa shape index (κ3) is 4.43. The lowest BCUT2D eigenvalue weighted by Crippen LogP contribution is -2.29. The van der Waals surface area contributed by atoms with Gasteiger partial charge in [0.05, 0.1) is 17.1 Å². The minimum Gasteiger partial charge on any atom is -0.546 e. The van der Waals surface area contributed by atoms with E-state index < -0.39 is 12.6 Å². The smallest absolute Gasteiger partial charge is 0.281 e. The molecule has 1 aromatic carbocycles. The van der Waals surface area contributed by atoms with Crippen LogP contribution in [0.2, 0.25) is 0 Å². The highest BCUT2D eigenvalue weighted by atomic mass is 32.1. The first-order valence-electron chi connectivity index (χ1n) is 5.95. The van der Waals surface area contributed by atoms with E-state index >= 15 is 0 Å². The normalized spacial score (nSPS) is 10.5. The Balaban J connectivity index is 2.00. The van der Waals surface area contributed by atoms with Crippen LogP contribution in [0, 0.1) is 0 Å². The lowest BCUT2D eigenvalue weighted by Gasteiger charge is -2.08. The second-order valence-corrected chi connectivity index (χ2v) is 4.82. The van der Waals surface area contributed by atoms with Crippen molar-refractivity contribution in [1.29, 1.82) is 0 Å². The van der Waals surface area contributed by atoms with Crippen molar-refractivity contribution in [3.8, 4) is 5.75 Å². The average Bonchev–Trinajstić information content (AvgIpc) is 3.00. The minimum atomic E-state index is -1.31. The van der Waals surface area contributed by atoms with Crippen LogP contribution < -0.4 is 15.3 Å². The molecule has 0 saturated carbocycles. The number of ether oxygens (including phenoxy) is 1. The summed E-state index contributed by atoms with van der Waals surface area (Å²) in [6.45, 7) is -0.549. The quantitative estimate of drug-likeness (QED) is 0.626. The molecule has 2 aromatic rings. The van der Waals surface area contributed by atoms with Crippen molar-refractivity contribution in [2.75, 3.05) is 6.61 Å². The molecule has 0 atom stereocenters. The Morgan fingerprint density at radius 3 is 2.81 bits per heavy atom. The highest BCUT2D eigenvalue weighted by Gasteiger charge is 2.04. The van der Waals surface area contributed by atoms with Crippen LogP contribution in [0.3, 0.4) is 0 Å². The van der Waals surface area contributed by atoms with E-state index in [9.17, 15) is 14.7 Å². The van der Waals surface area contributed by atoms with E-state index in [1.54, 1.807) is 41.8 Å². The number of para-hydroxylation sites is 1. The zero-order valence-electron chi connectivity index (χ0n) is 10.8. The van der Waals surface area contributed by atoms with Gasteiger partial charge in [-0.15, -0.1) is 11.3 Å². The van der Waals surface area contributed by atoms with E-state index in [4.69, 9.17) is 4.74 Å². The summed E-state index contributed by atoms with van der Waals surface area (Å²) in [7, 11) is 0. The molecule has 0 saturated heterocycles. The van der Waals surface area contributed by atoms with Gasteiger partial charge in [0.15, 0.2) is 0 Å². The number of carbonyl (C=O) groups excluding carboxylic acids is 2. The van der Waals surface area contributed by atoms with Crippen molar-refractivity contribution < 1.29 is 19.4 Å². The third-order valence-electron chi connectivity index (χ3n) is 2.38. The van der Waals surface area contributed by atoms with Crippen LogP contribution >= 0.6 is 11.3 Å². The van der Waals surface area contributed by atoms with E-state index in [1.165, 1.54) is 17.6 Å². The van der Waals surface area contributed by atoms with Crippen LogP contribution in [-0.2, 0) is 4.79 Å². The fourth-order valence-electron chi connectivity index (χ4n) is 1.48. The van der Waals surface area contributed by atoms with E-state index in [0.29, 0.717) is 16.2 Å². The van der Waals surface area contributed by atoms with Crippen LogP contribution in [0.1, 0.15) is 15.2 Å². The Hall–Kier alpha value is -2.67. The van der Waals surface area contributed by atoms with Gasteiger partial charge in [-0.1, -0.05) is 18.2 Å². The number of hydrogen-bond acceptors (Lipinski definition) is 6. The number of hydrazone groups is 1. The van der Waals surface area contributed by atoms with Crippen molar-refractivity contribution in [2.24, 2.45) is 5.10 Å². The number of amides is 1. The van der Waals surface area contributed by atoms with Gasteiger partial charge in [-0.2, -0.15) is 5.10 Å². The Morgan fingerprint density at radius 1 is 1.29 bits per heavy atom. The molecule has 0 bridgehead atoms. The van der Waals surface area contributed by atoms with Gasteiger partial charge in [0, 0.05) is 5.56 Å². The van der Waals surface area contributed by atoms with Gasteiger partial charge in [-0.25, -0.2) is 5.43 Å². The maximum Gasteiger partial charge on any atom is 0.281 e. The molecular weight excluding hydrogens is 292 g/mol. The molecule has 108 valence electrons. The van der Waals surface area contributed by atoms with Gasteiger partial charge in [0.2, 0.25) is 0 Å². The molecule has 6 nitrogen and oxygen atoms in total. The maximum absolute atomic E-state index is 11.7. The summed E-state index contributed by atoms with van der Waals surface area (Å²) in [4.78, 5) is 22.6. The standard InChI is InChI=1S/C14H12N2O4S/c17-13(18)9-20-11-5-2-1-4-10(11)8-15-16-14(19)12-6-3-7-21-12/h1-8H,9H2,(H,16,19)(H,17,18)/p-1. The first-order valence-corrected chi connectivity index (χ1v) is 6.83. The number of hydrogen-bond donors (Lipinski definition) is 1. The molecular formula is C14H11N2O4S-. The van der Waals surface area contributed by atoms with E-state index in [-0.39, 0.29) is 5.91 Å². The van der Waals surface area contributed by atoms with Gasteiger partial charge in [-0.05, 0) is 23.6 Å². The molecule has 1 aromatic heterocycles. The van der Waals surface area contributed by atoms with Crippen LogP contribution in [0.15, 0.2) is 46.9 Å². The number of thiophene rings is 1. The topological polar surface area (TPSA) is 90.8 Å². The molecule has 0 aliphatic carbocycles. The highest BCUT2D eigenvalue weighted by molar-refractivity contribution is 7.12. The molecule has 1 amide bonds. The van der Waals surface area contributed by atoms with Crippen molar-refractivity contribution in [2.45, 2.75) is 0 Å². The van der Waals surface area contributed by atoms with Crippen LogP contribution in [0.4, 0.5) is 0 Å². The second kappa shape index (κ2) is 7.20. The number of aliphatic carboxylic acids is 1. The van der Waals surface area contributed by atoms with Crippen molar-refractivity contribution in [1.82, 2.24) is 5.43 Å². The van der Waals surface area contributed by atoms with Crippen LogP contribution in [0.25, 0.3) is 0 Å². The van der Waals surface area contributed by atoms with Gasteiger partial charge in [-0.3, -0.25) is 4.79 Å². The number of rotatable bonds is 6. The summed E-state index contributed by atoms with van der Waals surface area (Å²) >= 11 is 1.31. The van der Waals surface area contributed by atoms with Gasteiger partial charge < -0.3 is 14.6 Å². The average molecular weight is 303 g/mol. The largest absolute Gasteiger partial charge is 0.546 e. The Kier molecular flexibility index (Phi) is 5.05. The maximum atomic E-state index is 11.7. The molecule has 7 heteroatoms. The zero-order valence-corrected chi connectivity index (χ0v) is 11.6. The van der Waals surface area contributed by atoms with Gasteiger partial charge in [0.25, 0.3) is 5.91 Å². The predicted octanol–water partition coefficient (Wildman–Crippen LogP) is 0.641. The zero-order chi connectivity index (χ0) is 15.1. The molecule has 0 aliphatic heterocycles.